The molecule has 2 heterocycles. The van der Waals surface area contributed by atoms with Crippen molar-refractivity contribution < 1.29 is 4.42 Å². The molecule has 0 atom stereocenters. The van der Waals surface area contributed by atoms with E-state index in [0.717, 1.165) is 23.0 Å². The average Bonchev–Trinajstić information content (AvgIpc) is 2.79. The fourth-order valence-corrected chi connectivity index (χ4v) is 2.59. The molecule has 2 aromatic heterocycles. The van der Waals surface area contributed by atoms with Gasteiger partial charge in [0.25, 0.3) is 0 Å². The van der Waals surface area contributed by atoms with Crippen LogP contribution in [-0.2, 0) is 6.42 Å². The summed E-state index contributed by atoms with van der Waals surface area (Å²) in [6, 6.07) is 8.33. The second-order valence-electron chi connectivity index (χ2n) is 2.91. The Morgan fingerprint density at radius 3 is 3.00 bits per heavy atom. The van der Waals surface area contributed by atoms with Gasteiger partial charge in [0.2, 0.25) is 0 Å². The number of hydrogen-bond acceptors (Lipinski definition) is 3. The van der Waals surface area contributed by atoms with Gasteiger partial charge in [0.1, 0.15) is 5.76 Å². The summed E-state index contributed by atoms with van der Waals surface area (Å²) in [6.07, 6.45) is 0.919. The molecule has 0 N–H and O–H groups in total. The first-order valence-corrected chi connectivity index (χ1v) is 6.49. The van der Waals surface area contributed by atoms with Gasteiger partial charge in [-0.2, -0.15) is 0 Å². The number of thioether (sulfide) groups is 1. The van der Waals surface area contributed by atoms with Gasteiger partial charge < -0.3 is 4.42 Å². The molecule has 74 valence electrons. The zero-order valence-corrected chi connectivity index (χ0v) is 9.66. The van der Waals surface area contributed by atoms with Gasteiger partial charge in [-0.15, -0.1) is 11.3 Å². The molecule has 2 rings (SSSR count). The normalized spacial score (nSPS) is 10.6. The van der Waals surface area contributed by atoms with E-state index in [1.54, 1.807) is 23.1 Å². The number of furan rings is 1. The van der Waals surface area contributed by atoms with Gasteiger partial charge in [-0.25, -0.2) is 0 Å². The predicted octanol–water partition coefficient (Wildman–Crippen LogP) is 4.04. The van der Waals surface area contributed by atoms with E-state index < -0.39 is 0 Å². The molecule has 0 aliphatic rings. The van der Waals surface area contributed by atoms with Crippen LogP contribution in [0.5, 0.6) is 0 Å². The first kappa shape index (κ1) is 9.87. The van der Waals surface area contributed by atoms with Gasteiger partial charge in [-0.05, 0) is 29.3 Å². The average molecular weight is 224 g/mol. The highest BCUT2D eigenvalue weighted by Gasteiger charge is 2.03. The van der Waals surface area contributed by atoms with Crippen LogP contribution in [0.3, 0.4) is 0 Å². The van der Waals surface area contributed by atoms with Crippen molar-refractivity contribution in [1.82, 2.24) is 0 Å². The Labute approximate surface area is 92.1 Å². The highest BCUT2D eigenvalue weighted by atomic mass is 32.2. The molecule has 0 amide bonds. The minimum atomic E-state index is 0.919. The Kier molecular flexibility index (Phi) is 3.32. The van der Waals surface area contributed by atoms with Gasteiger partial charge >= 0.3 is 0 Å². The Morgan fingerprint density at radius 2 is 2.29 bits per heavy atom. The maximum Gasteiger partial charge on any atom is 0.160 e. The van der Waals surface area contributed by atoms with E-state index >= 15 is 0 Å². The molecule has 2 aromatic rings. The Hall–Kier alpha value is -0.670. The number of thiophene rings is 1. The molecule has 1 nitrogen and oxygen atoms in total. The summed E-state index contributed by atoms with van der Waals surface area (Å²) in [4.78, 5) is 1.35. The third-order valence-electron chi connectivity index (χ3n) is 1.85. The fourth-order valence-electron chi connectivity index (χ4n) is 1.26. The van der Waals surface area contributed by atoms with Crippen LogP contribution >= 0.6 is 23.1 Å². The molecule has 0 saturated heterocycles. The smallest absolute Gasteiger partial charge is 0.160 e. The summed E-state index contributed by atoms with van der Waals surface area (Å²) in [6.45, 7) is 2.13. The summed E-state index contributed by atoms with van der Waals surface area (Å²) < 4.78 is 5.67. The van der Waals surface area contributed by atoms with Crippen molar-refractivity contribution in [2.24, 2.45) is 0 Å². The Morgan fingerprint density at radius 1 is 1.36 bits per heavy atom. The standard InChI is InChI=1S/C11H12OS2/c1-2-13-11-6-5-9(12-11)8-10-4-3-7-14-10/h3-7H,2,8H2,1H3. The molecular formula is C11H12OS2. The zero-order valence-electron chi connectivity index (χ0n) is 8.03. The van der Waals surface area contributed by atoms with E-state index in [4.69, 9.17) is 4.42 Å². The summed E-state index contributed by atoms with van der Waals surface area (Å²) in [7, 11) is 0. The largest absolute Gasteiger partial charge is 0.455 e. The lowest BCUT2D eigenvalue weighted by atomic mass is 10.3. The molecule has 0 bridgehead atoms. The summed E-state index contributed by atoms with van der Waals surface area (Å²) in [5.74, 6) is 2.12. The van der Waals surface area contributed by atoms with Gasteiger partial charge in [-0.1, -0.05) is 24.8 Å². The van der Waals surface area contributed by atoms with E-state index in [0.29, 0.717) is 0 Å². The lowest BCUT2D eigenvalue weighted by Gasteiger charge is -1.93. The minimum absolute atomic E-state index is 0.919. The van der Waals surface area contributed by atoms with Crippen LogP contribution in [0.25, 0.3) is 0 Å². The van der Waals surface area contributed by atoms with Crippen molar-refractivity contribution in [3.63, 3.8) is 0 Å². The zero-order chi connectivity index (χ0) is 9.80. The lowest BCUT2D eigenvalue weighted by molar-refractivity contribution is 0.440. The monoisotopic (exact) mass is 224 g/mol. The predicted molar refractivity (Wildman–Crippen MR) is 62.2 cm³/mol. The van der Waals surface area contributed by atoms with Crippen LogP contribution in [0.2, 0.25) is 0 Å². The van der Waals surface area contributed by atoms with Crippen molar-refractivity contribution in [3.8, 4) is 0 Å². The first-order valence-electron chi connectivity index (χ1n) is 4.62. The highest BCUT2D eigenvalue weighted by molar-refractivity contribution is 7.99. The van der Waals surface area contributed by atoms with Gasteiger partial charge in [0.15, 0.2) is 5.09 Å². The third kappa shape index (κ3) is 2.42. The van der Waals surface area contributed by atoms with Crippen molar-refractivity contribution in [2.45, 2.75) is 18.4 Å². The number of hydrogen-bond donors (Lipinski definition) is 0. The molecule has 3 heteroatoms. The topological polar surface area (TPSA) is 13.1 Å². The molecule has 0 fully saturated rings. The van der Waals surface area contributed by atoms with E-state index in [1.807, 2.05) is 0 Å². The molecule has 0 aliphatic heterocycles. The first-order chi connectivity index (χ1) is 6.88. The van der Waals surface area contributed by atoms with Crippen molar-refractivity contribution in [3.05, 3.63) is 40.3 Å². The summed E-state index contributed by atoms with van der Waals surface area (Å²) in [5, 5.41) is 3.12. The van der Waals surface area contributed by atoms with Crippen LogP contribution in [0.15, 0.2) is 39.2 Å². The summed E-state index contributed by atoms with van der Waals surface area (Å²) >= 11 is 3.52. The maximum atomic E-state index is 5.67. The van der Waals surface area contributed by atoms with Gasteiger partial charge in [0.05, 0.1) is 0 Å². The van der Waals surface area contributed by atoms with Gasteiger partial charge in [-0.3, -0.25) is 0 Å². The van der Waals surface area contributed by atoms with Crippen molar-refractivity contribution >= 4 is 23.1 Å². The highest BCUT2D eigenvalue weighted by Crippen LogP contribution is 2.23. The molecule has 0 saturated carbocycles. The lowest BCUT2D eigenvalue weighted by Crippen LogP contribution is -1.78. The summed E-state index contributed by atoms with van der Waals surface area (Å²) in [5.41, 5.74) is 0. The molecule has 0 aliphatic carbocycles. The maximum absolute atomic E-state index is 5.67. The SMILES string of the molecule is CCSc1ccc(Cc2cccs2)o1. The van der Waals surface area contributed by atoms with Crippen LogP contribution in [0, 0.1) is 0 Å². The fraction of sp³-hybridized carbons (Fsp3) is 0.273. The molecular weight excluding hydrogens is 212 g/mol. The van der Waals surface area contributed by atoms with Crippen LogP contribution in [-0.4, -0.2) is 5.75 Å². The van der Waals surface area contributed by atoms with E-state index in [9.17, 15) is 0 Å². The Balaban J connectivity index is 2.03. The third-order valence-corrected chi connectivity index (χ3v) is 3.52. The van der Waals surface area contributed by atoms with E-state index in [1.165, 1.54) is 4.88 Å². The van der Waals surface area contributed by atoms with Crippen LogP contribution < -0.4 is 0 Å². The van der Waals surface area contributed by atoms with Crippen LogP contribution in [0.1, 0.15) is 17.6 Å². The van der Waals surface area contributed by atoms with Crippen LogP contribution in [0.4, 0.5) is 0 Å². The van der Waals surface area contributed by atoms with Crippen molar-refractivity contribution in [2.75, 3.05) is 5.75 Å². The Bertz CT molecular complexity index is 376. The van der Waals surface area contributed by atoms with Crippen molar-refractivity contribution in [1.29, 1.82) is 0 Å². The minimum Gasteiger partial charge on any atom is -0.455 e. The molecule has 0 radical (unpaired) electrons. The molecule has 0 spiro atoms. The molecule has 0 aromatic carbocycles. The molecule has 0 unspecified atom stereocenters. The van der Waals surface area contributed by atoms with E-state index in [-0.39, 0.29) is 0 Å². The van der Waals surface area contributed by atoms with Gasteiger partial charge in [0, 0.05) is 11.3 Å². The molecule has 14 heavy (non-hydrogen) atoms. The second-order valence-corrected chi connectivity index (χ2v) is 5.21. The second kappa shape index (κ2) is 4.71. The quantitative estimate of drug-likeness (QED) is 0.727. The van der Waals surface area contributed by atoms with E-state index in [2.05, 4.69) is 36.6 Å². The number of rotatable bonds is 4.